The number of ether oxygens (including phenoxy) is 1. The molecule has 2 aromatic carbocycles. The summed E-state index contributed by atoms with van der Waals surface area (Å²) < 4.78 is 5.80. The molecular formula is C17H16O. The van der Waals surface area contributed by atoms with Gasteiger partial charge in [-0.2, -0.15) is 0 Å². The zero-order chi connectivity index (χ0) is 12.8. The van der Waals surface area contributed by atoms with Crippen LogP contribution < -0.4 is 4.74 Å². The molecule has 0 aliphatic heterocycles. The number of allylic oxidation sites excluding steroid dienone is 4. The molecule has 0 N–H and O–H groups in total. The standard InChI is InChI=1S/C17H16O/c1-3-5-10-16(4-2)18-17-12-11-14-8-6-7-9-15(14)13-17/h3-13H,1H2,2H3/b10-5-,16-4+. The quantitative estimate of drug-likeness (QED) is 0.544. The third-order valence-corrected chi connectivity index (χ3v) is 2.64. The Morgan fingerprint density at radius 2 is 1.89 bits per heavy atom. The van der Waals surface area contributed by atoms with Gasteiger partial charge in [0.15, 0.2) is 0 Å². The third-order valence-electron chi connectivity index (χ3n) is 2.64. The van der Waals surface area contributed by atoms with Crippen LogP contribution in [0.3, 0.4) is 0 Å². The van der Waals surface area contributed by atoms with Gasteiger partial charge in [-0.15, -0.1) is 0 Å². The summed E-state index contributed by atoms with van der Waals surface area (Å²) in [5.41, 5.74) is 0. The van der Waals surface area contributed by atoms with E-state index in [4.69, 9.17) is 4.74 Å². The van der Waals surface area contributed by atoms with Crippen molar-refractivity contribution in [3.8, 4) is 5.75 Å². The van der Waals surface area contributed by atoms with E-state index in [1.807, 2.05) is 49.4 Å². The van der Waals surface area contributed by atoms with E-state index >= 15 is 0 Å². The van der Waals surface area contributed by atoms with Gasteiger partial charge in [-0.25, -0.2) is 0 Å². The Morgan fingerprint density at radius 1 is 1.11 bits per heavy atom. The Bertz CT molecular complexity index is 606. The number of fused-ring (bicyclic) bond motifs is 1. The average molecular weight is 236 g/mol. The third kappa shape index (κ3) is 2.89. The molecule has 18 heavy (non-hydrogen) atoms. The van der Waals surface area contributed by atoms with Gasteiger partial charge in [0, 0.05) is 0 Å². The molecule has 0 saturated heterocycles. The highest BCUT2D eigenvalue weighted by molar-refractivity contribution is 5.83. The molecule has 0 aliphatic carbocycles. The average Bonchev–Trinajstić information content (AvgIpc) is 2.43. The maximum absolute atomic E-state index is 5.80. The Balaban J connectivity index is 2.26. The van der Waals surface area contributed by atoms with Crippen molar-refractivity contribution < 1.29 is 4.74 Å². The van der Waals surface area contributed by atoms with Crippen molar-refractivity contribution in [3.63, 3.8) is 0 Å². The predicted molar refractivity (Wildman–Crippen MR) is 77.7 cm³/mol. The highest BCUT2D eigenvalue weighted by Crippen LogP contribution is 2.22. The summed E-state index contributed by atoms with van der Waals surface area (Å²) >= 11 is 0. The van der Waals surface area contributed by atoms with E-state index in [9.17, 15) is 0 Å². The summed E-state index contributed by atoms with van der Waals surface area (Å²) in [6.07, 6.45) is 7.40. The second-order valence-corrected chi connectivity index (χ2v) is 3.90. The van der Waals surface area contributed by atoms with Crippen LogP contribution in [0.4, 0.5) is 0 Å². The molecule has 0 heterocycles. The van der Waals surface area contributed by atoms with Crippen molar-refractivity contribution in [1.29, 1.82) is 0 Å². The molecule has 0 amide bonds. The van der Waals surface area contributed by atoms with Crippen LogP contribution in [-0.4, -0.2) is 0 Å². The van der Waals surface area contributed by atoms with Crippen LogP contribution in [-0.2, 0) is 0 Å². The van der Waals surface area contributed by atoms with Crippen LogP contribution in [0.2, 0.25) is 0 Å². The highest BCUT2D eigenvalue weighted by atomic mass is 16.5. The zero-order valence-electron chi connectivity index (χ0n) is 10.5. The molecule has 0 aliphatic rings. The first-order valence-corrected chi connectivity index (χ1v) is 5.95. The lowest BCUT2D eigenvalue weighted by Gasteiger charge is -2.07. The number of rotatable bonds is 4. The van der Waals surface area contributed by atoms with Crippen molar-refractivity contribution in [2.75, 3.05) is 0 Å². The molecule has 0 atom stereocenters. The van der Waals surface area contributed by atoms with Crippen LogP contribution in [0.5, 0.6) is 5.75 Å². The molecule has 90 valence electrons. The lowest BCUT2D eigenvalue weighted by atomic mass is 10.1. The minimum Gasteiger partial charge on any atom is -0.458 e. The van der Waals surface area contributed by atoms with Crippen LogP contribution in [0.25, 0.3) is 10.8 Å². The van der Waals surface area contributed by atoms with Gasteiger partial charge >= 0.3 is 0 Å². The molecule has 0 saturated carbocycles. The SMILES string of the molecule is C=C/C=C\C(=C/C)Oc1ccc2ccccc2c1. The molecule has 0 unspecified atom stereocenters. The lowest BCUT2D eigenvalue weighted by Crippen LogP contribution is -1.91. The maximum Gasteiger partial charge on any atom is 0.128 e. The fourth-order valence-electron chi connectivity index (χ4n) is 1.72. The van der Waals surface area contributed by atoms with Crippen molar-refractivity contribution in [3.05, 3.63) is 79.1 Å². The van der Waals surface area contributed by atoms with Gasteiger partial charge in [-0.3, -0.25) is 0 Å². The summed E-state index contributed by atoms with van der Waals surface area (Å²) in [5.74, 6) is 1.65. The molecule has 2 rings (SSSR count). The summed E-state index contributed by atoms with van der Waals surface area (Å²) in [5, 5.41) is 2.40. The topological polar surface area (TPSA) is 9.23 Å². The molecule has 0 spiro atoms. The van der Waals surface area contributed by atoms with Gasteiger partial charge < -0.3 is 4.74 Å². The molecule has 2 aromatic rings. The molecule has 1 nitrogen and oxygen atoms in total. The van der Waals surface area contributed by atoms with E-state index < -0.39 is 0 Å². The summed E-state index contributed by atoms with van der Waals surface area (Å²) in [6.45, 7) is 5.59. The minimum atomic E-state index is 0.810. The van der Waals surface area contributed by atoms with Gasteiger partial charge in [0.05, 0.1) is 0 Å². The van der Waals surface area contributed by atoms with Gasteiger partial charge in [-0.1, -0.05) is 49.1 Å². The van der Waals surface area contributed by atoms with Crippen molar-refractivity contribution >= 4 is 10.8 Å². The first-order valence-electron chi connectivity index (χ1n) is 5.95. The Labute approximate surface area is 108 Å². The highest BCUT2D eigenvalue weighted by Gasteiger charge is 1.98. The summed E-state index contributed by atoms with van der Waals surface area (Å²) in [7, 11) is 0. The van der Waals surface area contributed by atoms with Gasteiger partial charge in [0.2, 0.25) is 0 Å². The van der Waals surface area contributed by atoms with Crippen LogP contribution in [0.15, 0.2) is 79.1 Å². The molecule has 1 heteroatoms. The maximum atomic E-state index is 5.80. The molecular weight excluding hydrogens is 220 g/mol. The number of hydrogen-bond donors (Lipinski definition) is 0. The fourth-order valence-corrected chi connectivity index (χ4v) is 1.72. The zero-order valence-corrected chi connectivity index (χ0v) is 10.5. The first kappa shape index (κ1) is 12.2. The fraction of sp³-hybridized carbons (Fsp3) is 0.0588. The van der Waals surface area contributed by atoms with Gasteiger partial charge in [-0.05, 0) is 42.0 Å². The summed E-state index contributed by atoms with van der Waals surface area (Å²) in [6, 6.07) is 14.3. The van der Waals surface area contributed by atoms with Gasteiger partial charge in [0.25, 0.3) is 0 Å². The monoisotopic (exact) mass is 236 g/mol. The van der Waals surface area contributed by atoms with Crippen molar-refractivity contribution in [2.24, 2.45) is 0 Å². The van der Waals surface area contributed by atoms with E-state index in [-0.39, 0.29) is 0 Å². The number of hydrogen-bond acceptors (Lipinski definition) is 1. The molecule has 0 radical (unpaired) electrons. The molecule has 0 bridgehead atoms. The van der Waals surface area contributed by atoms with Crippen molar-refractivity contribution in [2.45, 2.75) is 6.92 Å². The second-order valence-electron chi connectivity index (χ2n) is 3.90. The second kappa shape index (κ2) is 5.87. The smallest absolute Gasteiger partial charge is 0.128 e. The van der Waals surface area contributed by atoms with Gasteiger partial charge in [0.1, 0.15) is 11.5 Å². The largest absolute Gasteiger partial charge is 0.458 e. The van der Waals surface area contributed by atoms with E-state index in [0.29, 0.717) is 0 Å². The Kier molecular flexibility index (Phi) is 3.98. The lowest BCUT2D eigenvalue weighted by molar-refractivity contribution is 0.444. The van der Waals surface area contributed by atoms with E-state index in [1.54, 1.807) is 6.08 Å². The summed E-state index contributed by atoms with van der Waals surface area (Å²) in [4.78, 5) is 0. The molecule has 0 fully saturated rings. The normalized spacial score (nSPS) is 11.9. The number of benzene rings is 2. The minimum absolute atomic E-state index is 0.810. The first-order chi connectivity index (χ1) is 8.83. The van der Waals surface area contributed by atoms with Crippen LogP contribution in [0, 0.1) is 0 Å². The van der Waals surface area contributed by atoms with Crippen molar-refractivity contribution in [1.82, 2.24) is 0 Å². The Hall–Kier alpha value is -2.28. The molecule has 0 aromatic heterocycles. The predicted octanol–water partition coefficient (Wildman–Crippen LogP) is 4.86. The van der Waals surface area contributed by atoms with Crippen LogP contribution in [0.1, 0.15) is 6.92 Å². The van der Waals surface area contributed by atoms with E-state index in [1.165, 1.54) is 10.8 Å². The Morgan fingerprint density at radius 3 is 2.61 bits per heavy atom. The van der Waals surface area contributed by atoms with E-state index in [2.05, 4.69) is 24.8 Å². The van der Waals surface area contributed by atoms with E-state index in [0.717, 1.165) is 11.5 Å². The van der Waals surface area contributed by atoms with Crippen LogP contribution >= 0.6 is 0 Å².